The molecule has 1 saturated heterocycles. The van der Waals surface area contributed by atoms with Gasteiger partial charge in [0.2, 0.25) is 0 Å². The largest absolute Gasteiger partial charge is 0.378 e. The quantitative estimate of drug-likeness (QED) is 0.626. The molecule has 32 heavy (non-hydrogen) atoms. The number of H-pyrrole nitrogens is 1. The summed E-state index contributed by atoms with van der Waals surface area (Å²) >= 11 is 6.15. The molecule has 1 unspecified atom stereocenters. The Morgan fingerprint density at radius 2 is 1.88 bits per heavy atom. The Balaban J connectivity index is 1.40. The fraction of sp³-hybridized carbons (Fsp3) is 0.583. The minimum Gasteiger partial charge on any atom is -0.378 e. The second-order valence-electron chi connectivity index (χ2n) is 9.63. The molecule has 1 aliphatic heterocycles. The van der Waals surface area contributed by atoms with Crippen LogP contribution < -0.4 is 4.90 Å². The average Bonchev–Trinajstić information content (AvgIpc) is 3.25. The van der Waals surface area contributed by atoms with E-state index in [4.69, 9.17) is 26.3 Å². The Morgan fingerprint density at radius 3 is 2.66 bits per heavy atom. The first-order valence-electron chi connectivity index (χ1n) is 11.9. The molecule has 3 aromatic heterocycles. The molecule has 4 fully saturated rings. The number of nitrogens with one attached hydrogen (secondary N) is 1. The van der Waals surface area contributed by atoms with Crippen LogP contribution in [-0.4, -0.2) is 51.2 Å². The third kappa shape index (κ3) is 3.65. The molecule has 2 bridgehead atoms. The van der Waals surface area contributed by atoms with E-state index in [1.807, 2.05) is 6.20 Å². The van der Waals surface area contributed by atoms with Crippen LogP contribution in [-0.2, 0) is 11.2 Å². The van der Waals surface area contributed by atoms with E-state index in [1.54, 1.807) is 6.20 Å². The summed E-state index contributed by atoms with van der Waals surface area (Å²) in [6.45, 7) is 5.61. The molecule has 3 aliphatic carbocycles. The second-order valence-corrected chi connectivity index (χ2v) is 10.0. The normalized spacial score (nSPS) is 27.9. The molecule has 0 spiro atoms. The van der Waals surface area contributed by atoms with E-state index in [0.29, 0.717) is 28.1 Å². The van der Waals surface area contributed by atoms with Crippen molar-refractivity contribution in [1.82, 2.24) is 24.9 Å². The van der Waals surface area contributed by atoms with Crippen LogP contribution in [0.4, 0.5) is 5.82 Å². The van der Waals surface area contributed by atoms with Crippen LogP contribution in [0.15, 0.2) is 18.5 Å². The maximum Gasteiger partial charge on any atom is 0.165 e. The molecule has 168 valence electrons. The number of hydrogen-bond donors (Lipinski definition) is 1. The number of ether oxygens (including phenoxy) is 1. The first-order valence-corrected chi connectivity index (χ1v) is 12.2. The standard InChI is InChI=1S/C24H29ClN6O/c1-14-15-2-4-16(5-3-15)18(14)10-17-11-21(31-6-8-32-9-7-31)30-23(28-17)19-12-26-24-22(19)29-20(25)13-27-24/h11-16,18H,2-10H2,1H3,(H,26,27)/t14?,15?,16?,18-/m1/s1. The average molecular weight is 453 g/mol. The maximum atomic E-state index is 6.15. The van der Waals surface area contributed by atoms with Crippen LogP contribution in [0, 0.1) is 23.7 Å². The number of nitrogens with zero attached hydrogens (tertiary/aromatic N) is 5. The highest BCUT2D eigenvalue weighted by Crippen LogP contribution is 2.49. The third-order valence-corrected chi connectivity index (χ3v) is 8.16. The van der Waals surface area contributed by atoms with Crippen molar-refractivity contribution >= 4 is 28.6 Å². The fourth-order valence-electron chi connectivity index (χ4n) is 6.17. The van der Waals surface area contributed by atoms with Gasteiger partial charge in [-0.2, -0.15) is 0 Å². The van der Waals surface area contributed by atoms with Crippen LogP contribution in [0.2, 0.25) is 5.15 Å². The van der Waals surface area contributed by atoms with Crippen molar-refractivity contribution < 1.29 is 4.74 Å². The van der Waals surface area contributed by atoms with Crippen molar-refractivity contribution in [1.29, 1.82) is 0 Å². The number of aromatic nitrogens is 5. The smallest absolute Gasteiger partial charge is 0.165 e. The topological polar surface area (TPSA) is 79.8 Å². The van der Waals surface area contributed by atoms with Crippen molar-refractivity contribution in [3.63, 3.8) is 0 Å². The molecule has 0 aromatic carbocycles. The number of aromatic amines is 1. The number of anilines is 1. The summed E-state index contributed by atoms with van der Waals surface area (Å²) in [5, 5.41) is 0.370. The predicted molar refractivity (Wildman–Crippen MR) is 125 cm³/mol. The lowest BCUT2D eigenvalue weighted by molar-refractivity contribution is 0.0339. The summed E-state index contributed by atoms with van der Waals surface area (Å²) < 4.78 is 5.57. The molecule has 7 rings (SSSR count). The summed E-state index contributed by atoms with van der Waals surface area (Å²) in [5.41, 5.74) is 3.40. The number of fused-ring (bicyclic) bond motifs is 4. The minimum atomic E-state index is 0.370. The summed E-state index contributed by atoms with van der Waals surface area (Å²) in [4.78, 5) is 24.4. The highest BCUT2D eigenvalue weighted by molar-refractivity contribution is 6.29. The van der Waals surface area contributed by atoms with Gasteiger partial charge in [0.15, 0.2) is 11.5 Å². The van der Waals surface area contributed by atoms with Crippen molar-refractivity contribution in [3.05, 3.63) is 29.3 Å². The molecule has 7 nitrogen and oxygen atoms in total. The lowest BCUT2D eigenvalue weighted by Gasteiger charge is -2.47. The first kappa shape index (κ1) is 20.4. The van der Waals surface area contributed by atoms with Crippen molar-refractivity contribution in [2.45, 2.75) is 39.0 Å². The Hall–Kier alpha value is -2.25. The van der Waals surface area contributed by atoms with E-state index in [9.17, 15) is 0 Å². The van der Waals surface area contributed by atoms with Gasteiger partial charge in [-0.1, -0.05) is 18.5 Å². The van der Waals surface area contributed by atoms with Gasteiger partial charge in [-0.25, -0.2) is 19.9 Å². The van der Waals surface area contributed by atoms with E-state index in [-0.39, 0.29) is 0 Å². The highest BCUT2D eigenvalue weighted by Gasteiger charge is 2.41. The van der Waals surface area contributed by atoms with Crippen LogP contribution in [0.25, 0.3) is 22.6 Å². The van der Waals surface area contributed by atoms with E-state index >= 15 is 0 Å². The third-order valence-electron chi connectivity index (χ3n) is 7.98. The molecule has 3 aromatic rings. The SMILES string of the molecule is CC1C2CCC(CC2)[C@@H]1Cc1cc(N2CCOCC2)nc(-c2c[nH]c3ncc(Cl)nc23)n1. The molecule has 8 heteroatoms. The zero-order valence-electron chi connectivity index (χ0n) is 18.4. The summed E-state index contributed by atoms with van der Waals surface area (Å²) in [6, 6.07) is 2.21. The van der Waals surface area contributed by atoms with Crippen LogP contribution in [0.5, 0.6) is 0 Å². The Labute approximate surface area is 193 Å². The van der Waals surface area contributed by atoms with E-state index in [2.05, 4.69) is 32.8 Å². The van der Waals surface area contributed by atoms with Crippen molar-refractivity contribution in [2.75, 3.05) is 31.2 Å². The van der Waals surface area contributed by atoms with Crippen LogP contribution in [0.1, 0.15) is 38.3 Å². The van der Waals surface area contributed by atoms with Gasteiger partial charge >= 0.3 is 0 Å². The Kier molecular flexibility index (Phi) is 5.26. The summed E-state index contributed by atoms with van der Waals surface area (Å²) in [6.07, 6.45) is 10.0. The summed E-state index contributed by atoms with van der Waals surface area (Å²) in [5.74, 6) is 4.87. The Bertz CT molecular complexity index is 1120. The molecule has 4 aliphatic rings. The number of hydrogen-bond acceptors (Lipinski definition) is 6. The highest BCUT2D eigenvalue weighted by atomic mass is 35.5. The predicted octanol–water partition coefficient (Wildman–Crippen LogP) is 4.52. The first-order chi connectivity index (χ1) is 15.7. The lowest BCUT2D eigenvalue weighted by atomic mass is 9.58. The molecule has 0 radical (unpaired) electrons. The van der Waals surface area contributed by atoms with Crippen LogP contribution >= 0.6 is 11.6 Å². The molecule has 3 saturated carbocycles. The van der Waals surface area contributed by atoms with Gasteiger partial charge in [-0.05, 0) is 55.8 Å². The Morgan fingerprint density at radius 1 is 1.09 bits per heavy atom. The zero-order chi connectivity index (χ0) is 21.7. The van der Waals surface area contributed by atoms with Crippen molar-refractivity contribution in [2.24, 2.45) is 23.7 Å². The monoisotopic (exact) mass is 452 g/mol. The zero-order valence-corrected chi connectivity index (χ0v) is 19.2. The van der Waals surface area contributed by atoms with E-state index in [0.717, 1.165) is 67.6 Å². The molecule has 2 atom stereocenters. The molecule has 1 N–H and O–H groups in total. The van der Waals surface area contributed by atoms with Gasteiger partial charge in [0.25, 0.3) is 0 Å². The fourth-order valence-corrected chi connectivity index (χ4v) is 6.31. The minimum absolute atomic E-state index is 0.370. The molecule has 4 heterocycles. The molecular weight excluding hydrogens is 424 g/mol. The van der Waals surface area contributed by atoms with Gasteiger partial charge < -0.3 is 14.6 Å². The van der Waals surface area contributed by atoms with Crippen molar-refractivity contribution in [3.8, 4) is 11.4 Å². The van der Waals surface area contributed by atoms with E-state index < -0.39 is 0 Å². The number of morpholine rings is 1. The van der Waals surface area contributed by atoms with E-state index in [1.165, 1.54) is 25.7 Å². The lowest BCUT2D eigenvalue weighted by Crippen LogP contribution is -2.40. The number of rotatable bonds is 4. The molecule has 0 amide bonds. The van der Waals surface area contributed by atoms with Crippen LogP contribution in [0.3, 0.4) is 0 Å². The van der Waals surface area contributed by atoms with Gasteiger partial charge in [-0.15, -0.1) is 0 Å². The van der Waals surface area contributed by atoms with Gasteiger partial charge in [0.05, 0.1) is 25.0 Å². The second kappa shape index (κ2) is 8.27. The summed E-state index contributed by atoms with van der Waals surface area (Å²) in [7, 11) is 0. The molecular formula is C24H29ClN6O. The van der Waals surface area contributed by atoms with Gasteiger partial charge in [0.1, 0.15) is 16.5 Å². The van der Waals surface area contributed by atoms with Gasteiger partial charge in [-0.3, -0.25) is 0 Å². The number of halogens is 1. The maximum absolute atomic E-state index is 6.15. The van der Waals surface area contributed by atoms with Gasteiger partial charge in [0, 0.05) is 31.0 Å².